The summed E-state index contributed by atoms with van der Waals surface area (Å²) in [6, 6.07) is 0. The quantitative estimate of drug-likeness (QED) is 0.761. The Hall–Kier alpha value is -0.360. The van der Waals surface area contributed by atoms with E-state index in [0.717, 1.165) is 39.3 Å². The third-order valence-corrected chi connectivity index (χ3v) is 2.94. The Morgan fingerprint density at radius 3 is 2.39 bits per heavy atom. The first-order valence-electron chi connectivity index (χ1n) is 6.45. The molecule has 6 heteroatoms. The molecule has 1 aliphatic rings. The van der Waals surface area contributed by atoms with Crippen molar-refractivity contribution >= 4 is 18.3 Å². The Kier molecular flexibility index (Phi) is 9.36. The topological polar surface area (TPSA) is 58.8 Å². The van der Waals surface area contributed by atoms with Gasteiger partial charge in [-0.05, 0) is 13.8 Å². The van der Waals surface area contributed by atoms with Gasteiger partial charge in [0.2, 0.25) is 5.91 Å². The van der Waals surface area contributed by atoms with Crippen LogP contribution in [0.5, 0.6) is 0 Å². The Bertz CT molecular complexity index is 231. The monoisotopic (exact) mass is 279 g/mol. The molecule has 0 spiro atoms. The van der Waals surface area contributed by atoms with Crippen molar-refractivity contribution in [3.63, 3.8) is 0 Å². The fraction of sp³-hybridized carbons (Fsp3) is 0.917. The summed E-state index contributed by atoms with van der Waals surface area (Å²) >= 11 is 0. The molecule has 0 aromatic heterocycles. The van der Waals surface area contributed by atoms with Crippen LogP contribution in [-0.4, -0.2) is 67.7 Å². The summed E-state index contributed by atoms with van der Waals surface area (Å²) in [5.74, 6) is 0.186. The molecule has 1 aliphatic heterocycles. The van der Waals surface area contributed by atoms with Crippen molar-refractivity contribution in [2.75, 3.05) is 45.9 Å². The van der Waals surface area contributed by atoms with E-state index in [1.807, 2.05) is 18.7 Å². The minimum Gasteiger partial charge on any atom is -0.377 e. The largest absolute Gasteiger partial charge is 0.377 e. The van der Waals surface area contributed by atoms with Crippen molar-refractivity contribution in [3.05, 3.63) is 0 Å². The van der Waals surface area contributed by atoms with Crippen LogP contribution < -0.4 is 5.73 Å². The SMILES string of the molecule is CC(C)OCCN1CCN(C(=O)CCN)CC1.Cl. The highest BCUT2D eigenvalue weighted by Crippen LogP contribution is 2.03. The highest BCUT2D eigenvalue weighted by molar-refractivity contribution is 5.85. The highest BCUT2D eigenvalue weighted by Gasteiger charge is 2.19. The zero-order valence-electron chi connectivity index (χ0n) is 11.4. The number of halogens is 1. The third kappa shape index (κ3) is 6.54. The van der Waals surface area contributed by atoms with E-state index in [2.05, 4.69) is 4.90 Å². The number of carbonyl (C=O) groups is 1. The molecule has 1 amide bonds. The Morgan fingerprint density at radius 2 is 1.89 bits per heavy atom. The molecule has 1 saturated heterocycles. The molecule has 0 atom stereocenters. The van der Waals surface area contributed by atoms with Crippen LogP contribution in [0, 0.1) is 0 Å². The smallest absolute Gasteiger partial charge is 0.223 e. The normalized spacial score (nSPS) is 16.8. The number of nitrogens with two attached hydrogens (primary N) is 1. The van der Waals surface area contributed by atoms with Gasteiger partial charge < -0.3 is 15.4 Å². The predicted octanol–water partition coefficient (Wildman–Crippen LogP) is 0.326. The van der Waals surface area contributed by atoms with Gasteiger partial charge in [0.15, 0.2) is 0 Å². The number of nitrogens with zero attached hydrogens (tertiary/aromatic N) is 2. The summed E-state index contributed by atoms with van der Waals surface area (Å²) in [6.45, 7) is 9.79. The molecular weight excluding hydrogens is 254 g/mol. The molecule has 0 radical (unpaired) electrons. The Labute approximate surface area is 116 Å². The van der Waals surface area contributed by atoms with Crippen LogP contribution >= 0.6 is 12.4 Å². The van der Waals surface area contributed by atoms with E-state index < -0.39 is 0 Å². The number of carbonyl (C=O) groups excluding carboxylic acids is 1. The van der Waals surface area contributed by atoms with Crippen LogP contribution in [0.3, 0.4) is 0 Å². The number of piperazine rings is 1. The average Bonchev–Trinajstić information content (AvgIpc) is 2.30. The Balaban J connectivity index is 0.00000289. The van der Waals surface area contributed by atoms with Crippen molar-refractivity contribution in [2.24, 2.45) is 5.73 Å². The van der Waals surface area contributed by atoms with E-state index in [1.54, 1.807) is 0 Å². The van der Waals surface area contributed by atoms with Crippen LogP contribution in [0.2, 0.25) is 0 Å². The summed E-state index contributed by atoms with van der Waals surface area (Å²) in [6.07, 6.45) is 0.763. The minimum absolute atomic E-state index is 0. The lowest BCUT2D eigenvalue weighted by molar-refractivity contribution is -0.132. The number of hydrogen-bond donors (Lipinski definition) is 1. The van der Waals surface area contributed by atoms with E-state index in [4.69, 9.17) is 10.5 Å². The van der Waals surface area contributed by atoms with Gasteiger partial charge in [-0.15, -0.1) is 12.4 Å². The molecular formula is C12H26ClN3O2. The first kappa shape index (κ1) is 17.6. The van der Waals surface area contributed by atoms with Crippen LogP contribution in [0.4, 0.5) is 0 Å². The molecule has 2 N–H and O–H groups in total. The summed E-state index contributed by atoms with van der Waals surface area (Å²) in [4.78, 5) is 15.9. The highest BCUT2D eigenvalue weighted by atomic mass is 35.5. The van der Waals surface area contributed by atoms with E-state index in [0.29, 0.717) is 19.1 Å². The molecule has 18 heavy (non-hydrogen) atoms. The van der Waals surface area contributed by atoms with E-state index in [-0.39, 0.29) is 18.3 Å². The lowest BCUT2D eigenvalue weighted by atomic mass is 10.3. The van der Waals surface area contributed by atoms with Crippen LogP contribution in [0.15, 0.2) is 0 Å². The Morgan fingerprint density at radius 1 is 1.28 bits per heavy atom. The summed E-state index contributed by atoms with van der Waals surface area (Å²) in [5, 5.41) is 0. The molecule has 1 heterocycles. The zero-order chi connectivity index (χ0) is 12.7. The molecule has 0 aliphatic carbocycles. The van der Waals surface area contributed by atoms with Gasteiger partial charge in [0.1, 0.15) is 0 Å². The molecule has 1 rings (SSSR count). The van der Waals surface area contributed by atoms with Gasteiger partial charge in [-0.2, -0.15) is 0 Å². The molecule has 0 aromatic carbocycles. The van der Waals surface area contributed by atoms with E-state index in [9.17, 15) is 4.79 Å². The summed E-state index contributed by atoms with van der Waals surface area (Å²) in [5.41, 5.74) is 5.38. The van der Waals surface area contributed by atoms with Gasteiger partial charge in [-0.3, -0.25) is 9.69 Å². The maximum atomic E-state index is 11.6. The maximum absolute atomic E-state index is 11.6. The molecule has 0 unspecified atom stereocenters. The molecule has 0 bridgehead atoms. The predicted molar refractivity (Wildman–Crippen MR) is 75.0 cm³/mol. The average molecular weight is 280 g/mol. The summed E-state index contributed by atoms with van der Waals surface area (Å²) in [7, 11) is 0. The van der Waals surface area contributed by atoms with Gasteiger partial charge in [0, 0.05) is 45.7 Å². The lowest BCUT2D eigenvalue weighted by Crippen LogP contribution is -2.49. The number of hydrogen-bond acceptors (Lipinski definition) is 4. The fourth-order valence-corrected chi connectivity index (χ4v) is 1.92. The van der Waals surface area contributed by atoms with Crippen molar-refractivity contribution in [2.45, 2.75) is 26.4 Å². The second kappa shape index (κ2) is 9.55. The maximum Gasteiger partial charge on any atom is 0.223 e. The van der Waals surface area contributed by atoms with Gasteiger partial charge in [-0.1, -0.05) is 0 Å². The molecule has 1 fully saturated rings. The fourth-order valence-electron chi connectivity index (χ4n) is 1.92. The van der Waals surface area contributed by atoms with Gasteiger partial charge in [-0.25, -0.2) is 0 Å². The van der Waals surface area contributed by atoms with Gasteiger partial charge >= 0.3 is 0 Å². The number of amides is 1. The second-order valence-electron chi connectivity index (χ2n) is 4.68. The van der Waals surface area contributed by atoms with Gasteiger partial charge in [0.25, 0.3) is 0 Å². The van der Waals surface area contributed by atoms with Crippen molar-refractivity contribution in [1.29, 1.82) is 0 Å². The molecule has 5 nitrogen and oxygen atoms in total. The van der Waals surface area contributed by atoms with E-state index >= 15 is 0 Å². The van der Waals surface area contributed by atoms with Crippen LogP contribution in [0.25, 0.3) is 0 Å². The molecule has 0 aromatic rings. The second-order valence-corrected chi connectivity index (χ2v) is 4.68. The number of ether oxygens (including phenoxy) is 1. The van der Waals surface area contributed by atoms with E-state index in [1.165, 1.54) is 0 Å². The van der Waals surface area contributed by atoms with Crippen molar-refractivity contribution in [3.8, 4) is 0 Å². The molecule has 108 valence electrons. The van der Waals surface area contributed by atoms with Crippen LogP contribution in [-0.2, 0) is 9.53 Å². The standard InChI is InChI=1S/C12H25N3O2.ClH/c1-11(2)17-10-9-14-5-7-15(8-6-14)12(16)3-4-13;/h11H,3-10,13H2,1-2H3;1H. The van der Waals surface area contributed by atoms with Crippen molar-refractivity contribution < 1.29 is 9.53 Å². The number of rotatable bonds is 6. The van der Waals surface area contributed by atoms with Gasteiger partial charge in [0.05, 0.1) is 12.7 Å². The first-order valence-corrected chi connectivity index (χ1v) is 6.45. The molecule has 0 saturated carbocycles. The zero-order valence-corrected chi connectivity index (χ0v) is 12.2. The van der Waals surface area contributed by atoms with Crippen LogP contribution in [0.1, 0.15) is 20.3 Å². The summed E-state index contributed by atoms with van der Waals surface area (Å²) < 4.78 is 5.52. The minimum atomic E-state index is 0. The lowest BCUT2D eigenvalue weighted by Gasteiger charge is -2.34. The van der Waals surface area contributed by atoms with Crippen molar-refractivity contribution in [1.82, 2.24) is 9.80 Å². The third-order valence-electron chi connectivity index (χ3n) is 2.94. The first-order chi connectivity index (χ1) is 8.13.